The Labute approximate surface area is 107 Å². The normalized spacial score (nSPS) is 11.6. The molecule has 2 aromatic rings. The van der Waals surface area contributed by atoms with Crippen molar-refractivity contribution in [1.82, 2.24) is 9.78 Å². The first-order chi connectivity index (χ1) is 8.41. The second-order valence-electron chi connectivity index (χ2n) is 5.55. The van der Waals surface area contributed by atoms with Crippen LogP contribution in [0, 0.1) is 0 Å². The van der Waals surface area contributed by atoms with Crippen molar-refractivity contribution >= 4 is 6.29 Å². The first-order valence-electron chi connectivity index (χ1n) is 6.01. The lowest BCUT2D eigenvalue weighted by molar-refractivity contribution is 0.112. The standard InChI is InChI=1S/C15H18N2O/c1-15(2,3)13-7-5-11(6-8-13)14-12(10-18)9-17(4)16-14/h5-10H,1-4H3. The molecular formula is C15H18N2O. The first kappa shape index (κ1) is 12.6. The SMILES string of the molecule is Cn1cc(C=O)c(-c2ccc(C(C)(C)C)cc2)n1. The summed E-state index contributed by atoms with van der Waals surface area (Å²) in [5, 5.41) is 4.33. The molecule has 0 spiro atoms. The summed E-state index contributed by atoms with van der Waals surface area (Å²) in [4.78, 5) is 11.0. The highest BCUT2D eigenvalue weighted by Gasteiger charge is 2.14. The molecule has 0 unspecified atom stereocenters. The molecule has 1 aromatic carbocycles. The minimum Gasteiger partial charge on any atom is -0.298 e. The largest absolute Gasteiger partial charge is 0.298 e. The van der Waals surface area contributed by atoms with E-state index in [1.54, 1.807) is 10.9 Å². The molecule has 94 valence electrons. The lowest BCUT2D eigenvalue weighted by Gasteiger charge is -2.18. The molecule has 0 fully saturated rings. The molecular weight excluding hydrogens is 224 g/mol. The van der Waals surface area contributed by atoms with E-state index in [0.29, 0.717) is 5.56 Å². The van der Waals surface area contributed by atoms with Crippen LogP contribution in [-0.2, 0) is 12.5 Å². The van der Waals surface area contributed by atoms with E-state index in [0.717, 1.165) is 17.5 Å². The summed E-state index contributed by atoms with van der Waals surface area (Å²) >= 11 is 0. The maximum atomic E-state index is 11.0. The van der Waals surface area contributed by atoms with E-state index in [1.807, 2.05) is 19.2 Å². The van der Waals surface area contributed by atoms with Crippen LogP contribution in [0.3, 0.4) is 0 Å². The maximum Gasteiger partial charge on any atom is 0.153 e. The van der Waals surface area contributed by atoms with Crippen molar-refractivity contribution in [3.8, 4) is 11.3 Å². The highest BCUT2D eigenvalue weighted by molar-refractivity contribution is 5.85. The molecule has 0 bridgehead atoms. The van der Waals surface area contributed by atoms with Gasteiger partial charge >= 0.3 is 0 Å². The molecule has 0 atom stereocenters. The number of rotatable bonds is 2. The molecule has 0 amide bonds. The van der Waals surface area contributed by atoms with E-state index in [-0.39, 0.29) is 5.41 Å². The Balaban J connectivity index is 2.43. The molecule has 0 aliphatic rings. The number of benzene rings is 1. The predicted octanol–water partition coefficient (Wildman–Crippen LogP) is 3.20. The number of carbonyl (C=O) groups excluding carboxylic acids is 1. The van der Waals surface area contributed by atoms with E-state index in [4.69, 9.17) is 0 Å². The van der Waals surface area contributed by atoms with Gasteiger partial charge in [-0.05, 0) is 11.0 Å². The Hall–Kier alpha value is -1.90. The summed E-state index contributed by atoms with van der Waals surface area (Å²) in [5.74, 6) is 0. The lowest BCUT2D eigenvalue weighted by Crippen LogP contribution is -2.10. The third kappa shape index (κ3) is 2.35. The van der Waals surface area contributed by atoms with Gasteiger partial charge in [0.2, 0.25) is 0 Å². The van der Waals surface area contributed by atoms with Gasteiger partial charge in [0.25, 0.3) is 0 Å². The van der Waals surface area contributed by atoms with Gasteiger partial charge in [0.15, 0.2) is 6.29 Å². The third-order valence-corrected chi connectivity index (χ3v) is 3.01. The van der Waals surface area contributed by atoms with E-state index >= 15 is 0 Å². The number of carbonyl (C=O) groups is 1. The number of hydrogen-bond donors (Lipinski definition) is 0. The van der Waals surface area contributed by atoms with Gasteiger partial charge < -0.3 is 0 Å². The molecule has 1 aromatic heterocycles. The highest BCUT2D eigenvalue weighted by Crippen LogP contribution is 2.26. The second-order valence-corrected chi connectivity index (χ2v) is 5.55. The van der Waals surface area contributed by atoms with E-state index in [2.05, 4.69) is 38.0 Å². The van der Waals surface area contributed by atoms with Crippen LogP contribution in [-0.4, -0.2) is 16.1 Å². The van der Waals surface area contributed by atoms with Crippen molar-refractivity contribution in [2.75, 3.05) is 0 Å². The molecule has 18 heavy (non-hydrogen) atoms. The summed E-state index contributed by atoms with van der Waals surface area (Å²) in [5.41, 5.74) is 3.75. The Morgan fingerprint density at radius 3 is 2.28 bits per heavy atom. The van der Waals surface area contributed by atoms with Crippen LogP contribution in [0.2, 0.25) is 0 Å². The first-order valence-corrected chi connectivity index (χ1v) is 6.01. The van der Waals surface area contributed by atoms with Gasteiger partial charge in [-0.15, -0.1) is 0 Å². The van der Waals surface area contributed by atoms with Crippen LogP contribution in [0.4, 0.5) is 0 Å². The van der Waals surface area contributed by atoms with Crippen LogP contribution in [0.25, 0.3) is 11.3 Å². The molecule has 3 nitrogen and oxygen atoms in total. The zero-order valence-corrected chi connectivity index (χ0v) is 11.3. The fourth-order valence-corrected chi connectivity index (χ4v) is 1.95. The van der Waals surface area contributed by atoms with Crippen molar-refractivity contribution in [1.29, 1.82) is 0 Å². The second kappa shape index (κ2) is 4.41. The van der Waals surface area contributed by atoms with Crippen molar-refractivity contribution in [3.05, 3.63) is 41.6 Å². The van der Waals surface area contributed by atoms with Crippen molar-refractivity contribution in [2.45, 2.75) is 26.2 Å². The zero-order valence-electron chi connectivity index (χ0n) is 11.3. The van der Waals surface area contributed by atoms with Crippen LogP contribution in [0.15, 0.2) is 30.5 Å². The third-order valence-electron chi connectivity index (χ3n) is 3.01. The van der Waals surface area contributed by atoms with E-state index < -0.39 is 0 Å². The molecule has 2 rings (SSSR count). The summed E-state index contributed by atoms with van der Waals surface area (Å²) in [6, 6.07) is 8.24. The molecule has 0 aliphatic heterocycles. The Bertz CT molecular complexity index is 559. The van der Waals surface area contributed by atoms with Crippen molar-refractivity contribution in [3.63, 3.8) is 0 Å². The number of aromatic nitrogens is 2. The summed E-state index contributed by atoms with van der Waals surface area (Å²) in [7, 11) is 1.82. The van der Waals surface area contributed by atoms with Gasteiger partial charge in [0.05, 0.1) is 5.56 Å². The topological polar surface area (TPSA) is 34.9 Å². The Kier molecular flexibility index (Phi) is 3.07. The lowest BCUT2D eigenvalue weighted by atomic mass is 9.86. The minimum absolute atomic E-state index is 0.135. The monoisotopic (exact) mass is 242 g/mol. The number of hydrogen-bond acceptors (Lipinski definition) is 2. The molecule has 0 N–H and O–H groups in total. The minimum atomic E-state index is 0.135. The van der Waals surface area contributed by atoms with Gasteiger partial charge in [0.1, 0.15) is 5.69 Å². The Morgan fingerprint density at radius 1 is 1.17 bits per heavy atom. The van der Waals surface area contributed by atoms with Crippen LogP contribution in [0.1, 0.15) is 36.7 Å². The zero-order chi connectivity index (χ0) is 13.3. The van der Waals surface area contributed by atoms with Gasteiger partial charge in [-0.2, -0.15) is 5.10 Å². The van der Waals surface area contributed by atoms with Gasteiger partial charge in [0, 0.05) is 18.8 Å². The van der Waals surface area contributed by atoms with Crippen LogP contribution in [0.5, 0.6) is 0 Å². The van der Waals surface area contributed by atoms with Crippen molar-refractivity contribution < 1.29 is 4.79 Å². The van der Waals surface area contributed by atoms with Gasteiger partial charge in [-0.1, -0.05) is 45.0 Å². The van der Waals surface area contributed by atoms with E-state index in [9.17, 15) is 4.79 Å². The number of aldehydes is 1. The molecule has 0 radical (unpaired) electrons. The molecule has 1 heterocycles. The smallest absolute Gasteiger partial charge is 0.153 e. The summed E-state index contributed by atoms with van der Waals surface area (Å²) in [6.45, 7) is 6.54. The highest BCUT2D eigenvalue weighted by atomic mass is 16.1. The molecule has 0 aliphatic carbocycles. The fraction of sp³-hybridized carbons (Fsp3) is 0.333. The number of nitrogens with zero attached hydrogens (tertiary/aromatic N) is 2. The average Bonchev–Trinajstić information content (AvgIpc) is 2.69. The predicted molar refractivity (Wildman–Crippen MR) is 72.7 cm³/mol. The quantitative estimate of drug-likeness (QED) is 0.758. The van der Waals surface area contributed by atoms with Crippen molar-refractivity contribution in [2.24, 2.45) is 7.05 Å². The molecule has 0 saturated heterocycles. The summed E-state index contributed by atoms with van der Waals surface area (Å²) in [6.07, 6.45) is 2.58. The summed E-state index contributed by atoms with van der Waals surface area (Å²) < 4.78 is 1.66. The fourth-order valence-electron chi connectivity index (χ4n) is 1.95. The average molecular weight is 242 g/mol. The van der Waals surface area contributed by atoms with Gasteiger partial charge in [-0.3, -0.25) is 9.48 Å². The molecule has 3 heteroatoms. The van der Waals surface area contributed by atoms with Crippen LogP contribution < -0.4 is 0 Å². The van der Waals surface area contributed by atoms with Gasteiger partial charge in [-0.25, -0.2) is 0 Å². The van der Waals surface area contributed by atoms with Crippen LogP contribution >= 0.6 is 0 Å². The van der Waals surface area contributed by atoms with E-state index in [1.165, 1.54) is 5.56 Å². The Morgan fingerprint density at radius 2 is 1.78 bits per heavy atom. The maximum absolute atomic E-state index is 11.0. The molecule has 0 saturated carbocycles. The number of aryl methyl sites for hydroxylation is 1.